The molecule has 1 aliphatic rings. The van der Waals surface area contributed by atoms with E-state index >= 15 is 0 Å². The number of carboxylic acid groups (broad SMARTS) is 1. The Morgan fingerprint density at radius 1 is 1.61 bits per heavy atom. The number of halogens is 2. The van der Waals surface area contributed by atoms with E-state index in [4.69, 9.17) is 5.11 Å². The van der Waals surface area contributed by atoms with Gasteiger partial charge in [-0.3, -0.25) is 0 Å². The predicted octanol–water partition coefficient (Wildman–Crippen LogP) is 3.45. The number of carbonyl (C=O) groups is 1. The van der Waals surface area contributed by atoms with Gasteiger partial charge in [0.1, 0.15) is 0 Å². The Hall–Kier alpha value is -0.750. The first-order valence-electron chi connectivity index (χ1n) is 5.62. The maximum atomic E-state index is 13.9. The van der Waals surface area contributed by atoms with Gasteiger partial charge in [-0.15, -0.1) is 0 Å². The number of rotatable bonds is 4. The molecule has 3 nitrogen and oxygen atoms in total. The summed E-state index contributed by atoms with van der Waals surface area (Å²) in [6.07, 6.45) is 1.15. The molecule has 6 heteroatoms. The van der Waals surface area contributed by atoms with Crippen LogP contribution in [0, 0.1) is 11.7 Å². The van der Waals surface area contributed by atoms with Crippen LogP contribution in [0.1, 0.15) is 16.8 Å². The normalized spacial score (nSPS) is 18.9. The molecule has 0 aromatic heterocycles. The minimum absolute atomic E-state index is 0.000738. The third-order valence-corrected chi connectivity index (χ3v) is 4.92. The molecule has 1 unspecified atom stereocenters. The first-order chi connectivity index (χ1) is 8.59. The van der Waals surface area contributed by atoms with E-state index in [-0.39, 0.29) is 10.0 Å². The number of thioether (sulfide) groups is 1. The number of hydrogen-bond donors (Lipinski definition) is 2. The fourth-order valence-corrected chi connectivity index (χ4v) is 3.65. The molecular formula is C12H13BrFNO2S. The van der Waals surface area contributed by atoms with Crippen molar-refractivity contribution in [3.63, 3.8) is 0 Å². The van der Waals surface area contributed by atoms with Crippen LogP contribution in [0.25, 0.3) is 0 Å². The summed E-state index contributed by atoms with van der Waals surface area (Å²) in [6.45, 7) is 0.725. The lowest BCUT2D eigenvalue weighted by molar-refractivity contribution is 0.0695. The highest BCUT2D eigenvalue weighted by Gasteiger charge is 2.18. The molecule has 2 rings (SSSR count). The van der Waals surface area contributed by atoms with Crippen LogP contribution in [0.15, 0.2) is 16.6 Å². The van der Waals surface area contributed by atoms with Gasteiger partial charge >= 0.3 is 5.97 Å². The summed E-state index contributed by atoms with van der Waals surface area (Å²) in [6, 6.07) is 2.88. The van der Waals surface area contributed by atoms with Crippen molar-refractivity contribution < 1.29 is 14.3 Å². The molecule has 1 saturated heterocycles. The zero-order chi connectivity index (χ0) is 13.1. The molecule has 1 heterocycles. The Morgan fingerprint density at radius 2 is 2.39 bits per heavy atom. The van der Waals surface area contributed by atoms with Crippen LogP contribution in [-0.4, -0.2) is 29.1 Å². The van der Waals surface area contributed by atoms with Crippen LogP contribution < -0.4 is 5.32 Å². The smallest absolute Gasteiger partial charge is 0.336 e. The van der Waals surface area contributed by atoms with Crippen molar-refractivity contribution >= 4 is 39.3 Å². The summed E-state index contributed by atoms with van der Waals surface area (Å²) < 4.78 is 13.9. The molecule has 1 aromatic rings. The highest BCUT2D eigenvalue weighted by atomic mass is 79.9. The van der Waals surface area contributed by atoms with Crippen LogP contribution in [0.2, 0.25) is 0 Å². The summed E-state index contributed by atoms with van der Waals surface area (Å²) in [5, 5.41) is 11.9. The minimum atomic E-state index is -1.14. The molecule has 0 bridgehead atoms. The zero-order valence-electron chi connectivity index (χ0n) is 9.58. The highest BCUT2D eigenvalue weighted by Crippen LogP contribution is 2.28. The van der Waals surface area contributed by atoms with E-state index < -0.39 is 11.8 Å². The van der Waals surface area contributed by atoms with Crippen LogP contribution in [0.5, 0.6) is 0 Å². The topological polar surface area (TPSA) is 49.3 Å². The van der Waals surface area contributed by atoms with Gasteiger partial charge in [-0.25, -0.2) is 9.18 Å². The molecule has 0 amide bonds. The van der Waals surface area contributed by atoms with E-state index in [1.807, 2.05) is 11.8 Å². The van der Waals surface area contributed by atoms with Gasteiger partial charge in [0.25, 0.3) is 0 Å². The first kappa shape index (κ1) is 13.7. The first-order valence-corrected chi connectivity index (χ1v) is 7.57. The Morgan fingerprint density at radius 3 is 3.00 bits per heavy atom. The molecule has 98 valence electrons. The fourth-order valence-electron chi connectivity index (χ4n) is 1.85. The molecule has 0 aliphatic carbocycles. The van der Waals surface area contributed by atoms with Crippen LogP contribution in [-0.2, 0) is 0 Å². The lowest BCUT2D eigenvalue weighted by Crippen LogP contribution is -2.14. The van der Waals surface area contributed by atoms with Gasteiger partial charge in [-0.05, 0) is 51.9 Å². The van der Waals surface area contributed by atoms with Crippen molar-refractivity contribution in [3.8, 4) is 0 Å². The quantitative estimate of drug-likeness (QED) is 0.885. The largest absolute Gasteiger partial charge is 0.478 e. The van der Waals surface area contributed by atoms with Gasteiger partial charge in [0.2, 0.25) is 0 Å². The van der Waals surface area contributed by atoms with Crippen molar-refractivity contribution in [2.45, 2.75) is 6.42 Å². The SMILES string of the molecule is O=C(O)c1ccc(NCC2CCSC2)c(F)c1Br. The van der Waals surface area contributed by atoms with Crippen molar-refractivity contribution in [2.75, 3.05) is 23.4 Å². The van der Waals surface area contributed by atoms with Crippen molar-refractivity contribution in [1.29, 1.82) is 0 Å². The lowest BCUT2D eigenvalue weighted by atomic mass is 10.1. The molecule has 1 fully saturated rings. The summed E-state index contributed by atoms with van der Waals surface area (Å²) in [7, 11) is 0. The second-order valence-electron chi connectivity index (χ2n) is 4.20. The highest BCUT2D eigenvalue weighted by molar-refractivity contribution is 9.10. The Kier molecular flexibility index (Phi) is 4.50. The van der Waals surface area contributed by atoms with Gasteiger partial charge < -0.3 is 10.4 Å². The molecule has 0 radical (unpaired) electrons. The second-order valence-corrected chi connectivity index (χ2v) is 6.15. The standard InChI is InChI=1S/C12H13BrFNO2S/c13-10-8(12(16)17)1-2-9(11(10)14)15-5-7-3-4-18-6-7/h1-2,7,15H,3-6H2,(H,16,17). The third kappa shape index (κ3) is 2.98. The monoisotopic (exact) mass is 333 g/mol. The lowest BCUT2D eigenvalue weighted by Gasteiger charge is -2.13. The fraction of sp³-hybridized carbons (Fsp3) is 0.417. The van der Waals surface area contributed by atoms with Gasteiger partial charge in [-0.1, -0.05) is 0 Å². The summed E-state index contributed by atoms with van der Waals surface area (Å²) in [5.74, 6) is 1.15. The van der Waals surface area contributed by atoms with Crippen LogP contribution in [0.4, 0.5) is 10.1 Å². The maximum Gasteiger partial charge on any atom is 0.336 e. The molecule has 0 spiro atoms. The summed E-state index contributed by atoms with van der Waals surface area (Å²) >= 11 is 4.90. The minimum Gasteiger partial charge on any atom is -0.478 e. The summed E-state index contributed by atoms with van der Waals surface area (Å²) in [5.41, 5.74) is 0.290. The van der Waals surface area contributed by atoms with E-state index in [9.17, 15) is 9.18 Å². The van der Waals surface area contributed by atoms with E-state index in [1.54, 1.807) is 0 Å². The van der Waals surface area contributed by atoms with E-state index in [1.165, 1.54) is 12.1 Å². The maximum absolute atomic E-state index is 13.9. The second kappa shape index (κ2) is 5.93. The Bertz CT molecular complexity index is 464. The number of nitrogens with one attached hydrogen (secondary N) is 1. The molecule has 1 aromatic carbocycles. The van der Waals surface area contributed by atoms with Gasteiger partial charge in [0.05, 0.1) is 15.7 Å². The zero-order valence-corrected chi connectivity index (χ0v) is 12.0. The van der Waals surface area contributed by atoms with Gasteiger partial charge in [0, 0.05) is 6.54 Å². The van der Waals surface area contributed by atoms with Crippen molar-refractivity contribution in [3.05, 3.63) is 28.0 Å². The number of hydrogen-bond acceptors (Lipinski definition) is 3. The molecule has 18 heavy (non-hydrogen) atoms. The average Bonchev–Trinajstić information content (AvgIpc) is 2.83. The van der Waals surface area contributed by atoms with E-state index in [2.05, 4.69) is 21.2 Å². The number of aromatic carboxylic acids is 1. The van der Waals surface area contributed by atoms with Gasteiger partial charge in [-0.2, -0.15) is 11.8 Å². The Balaban J connectivity index is 2.09. The van der Waals surface area contributed by atoms with Crippen molar-refractivity contribution in [2.24, 2.45) is 5.92 Å². The molecule has 0 saturated carbocycles. The molecule has 2 N–H and O–H groups in total. The van der Waals surface area contributed by atoms with Gasteiger partial charge in [0.15, 0.2) is 5.82 Å². The summed E-state index contributed by atoms with van der Waals surface area (Å²) in [4.78, 5) is 10.8. The molecular weight excluding hydrogens is 321 g/mol. The molecule has 1 aliphatic heterocycles. The Labute approximate surface area is 117 Å². The van der Waals surface area contributed by atoms with E-state index in [0.717, 1.165) is 24.5 Å². The average molecular weight is 334 g/mol. The molecule has 1 atom stereocenters. The number of anilines is 1. The van der Waals surface area contributed by atoms with Crippen molar-refractivity contribution in [1.82, 2.24) is 0 Å². The number of benzene rings is 1. The van der Waals surface area contributed by atoms with E-state index in [0.29, 0.717) is 11.6 Å². The predicted molar refractivity (Wildman–Crippen MR) is 75.0 cm³/mol. The van der Waals surface area contributed by atoms with Crippen LogP contribution in [0.3, 0.4) is 0 Å². The number of carboxylic acids is 1. The van der Waals surface area contributed by atoms with Crippen LogP contribution >= 0.6 is 27.7 Å². The third-order valence-electron chi connectivity index (χ3n) is 2.92.